The molecule has 2 amide bonds. The van der Waals surface area contributed by atoms with Crippen molar-refractivity contribution in [3.05, 3.63) is 131 Å². The number of fused-ring (bicyclic) bond motifs is 2. The Morgan fingerprint density at radius 2 is 1.59 bits per heavy atom. The summed E-state index contributed by atoms with van der Waals surface area (Å²) in [7, 11) is 2.05. The van der Waals surface area contributed by atoms with Gasteiger partial charge >= 0.3 is 0 Å². The third kappa shape index (κ3) is 4.38. The number of benzene rings is 4. The highest BCUT2D eigenvalue weighted by atomic mass is 19.1. The van der Waals surface area contributed by atoms with E-state index in [0.717, 1.165) is 38.9 Å². The summed E-state index contributed by atoms with van der Waals surface area (Å²) in [6, 6.07) is 29.8. The van der Waals surface area contributed by atoms with Crippen LogP contribution in [0.25, 0.3) is 22.2 Å². The lowest BCUT2D eigenvalue weighted by Crippen LogP contribution is -2.39. The van der Waals surface area contributed by atoms with Crippen LogP contribution in [0.5, 0.6) is 0 Å². The van der Waals surface area contributed by atoms with Gasteiger partial charge in [-0.25, -0.2) is 4.39 Å². The zero-order chi connectivity index (χ0) is 27.1. The van der Waals surface area contributed by atoms with Crippen molar-refractivity contribution >= 4 is 22.7 Å². The van der Waals surface area contributed by atoms with Crippen LogP contribution in [0, 0.1) is 12.7 Å². The molecule has 6 heteroatoms. The van der Waals surface area contributed by atoms with Crippen LogP contribution in [-0.2, 0) is 18.4 Å². The van der Waals surface area contributed by atoms with Gasteiger partial charge in [0.25, 0.3) is 5.91 Å². The molecule has 0 radical (unpaired) electrons. The zero-order valence-corrected chi connectivity index (χ0v) is 21.8. The van der Waals surface area contributed by atoms with E-state index in [1.165, 1.54) is 17.7 Å². The third-order valence-electron chi connectivity index (χ3n) is 7.52. The van der Waals surface area contributed by atoms with E-state index in [9.17, 15) is 14.0 Å². The number of amides is 2. The summed E-state index contributed by atoms with van der Waals surface area (Å²) >= 11 is 0. The largest absolute Gasteiger partial charge is 0.350 e. The van der Waals surface area contributed by atoms with Gasteiger partial charge in [0.2, 0.25) is 5.91 Å². The Morgan fingerprint density at radius 3 is 2.36 bits per heavy atom. The Bertz CT molecular complexity index is 1700. The topological polar surface area (TPSA) is 54.3 Å². The molecule has 0 saturated carbocycles. The van der Waals surface area contributed by atoms with Gasteiger partial charge in [0.05, 0.1) is 11.7 Å². The molecular weight excluding hydrogens is 489 g/mol. The van der Waals surface area contributed by atoms with Gasteiger partial charge in [-0.2, -0.15) is 0 Å². The number of aromatic nitrogens is 1. The van der Waals surface area contributed by atoms with Crippen molar-refractivity contribution < 1.29 is 14.0 Å². The van der Waals surface area contributed by atoms with Crippen LogP contribution in [0.1, 0.15) is 38.7 Å². The maximum absolute atomic E-state index is 13.8. The molecule has 2 heterocycles. The van der Waals surface area contributed by atoms with E-state index in [1.807, 2.05) is 43.4 Å². The predicted molar refractivity (Wildman–Crippen MR) is 151 cm³/mol. The van der Waals surface area contributed by atoms with Crippen molar-refractivity contribution in [2.24, 2.45) is 7.05 Å². The van der Waals surface area contributed by atoms with Crippen LogP contribution in [0.4, 0.5) is 4.39 Å². The first-order valence-corrected chi connectivity index (χ1v) is 13.0. The summed E-state index contributed by atoms with van der Waals surface area (Å²) in [5.74, 6) is -0.772. The SMILES string of the molecule is Cc1ccc(-c2c(C3c4ccccc4C(=O)N3CC(=O)NCc3ccc(F)cc3)c3ccccc3n2C)cc1. The average Bonchev–Trinajstić information content (AvgIpc) is 3.39. The molecule has 1 aliphatic rings. The molecule has 1 N–H and O–H groups in total. The first kappa shape index (κ1) is 24.6. The molecule has 1 aromatic heterocycles. The predicted octanol–water partition coefficient (Wildman–Crippen LogP) is 6.15. The Kier molecular flexibility index (Phi) is 6.23. The molecule has 194 valence electrons. The molecule has 1 unspecified atom stereocenters. The monoisotopic (exact) mass is 517 g/mol. The van der Waals surface area contributed by atoms with Gasteiger partial charge in [0.1, 0.15) is 12.4 Å². The van der Waals surface area contributed by atoms with Gasteiger partial charge in [-0.05, 0) is 47.9 Å². The molecule has 6 rings (SSSR count). The van der Waals surface area contributed by atoms with Gasteiger partial charge in [0.15, 0.2) is 0 Å². The Hall–Kier alpha value is -4.71. The number of aryl methyl sites for hydroxylation is 2. The first-order chi connectivity index (χ1) is 18.9. The van der Waals surface area contributed by atoms with Crippen LogP contribution in [0.3, 0.4) is 0 Å². The molecule has 5 nitrogen and oxygen atoms in total. The van der Waals surface area contributed by atoms with Gasteiger partial charge < -0.3 is 14.8 Å². The molecule has 0 saturated heterocycles. The van der Waals surface area contributed by atoms with Crippen LogP contribution in [0.2, 0.25) is 0 Å². The average molecular weight is 518 g/mol. The molecule has 1 aliphatic heterocycles. The van der Waals surface area contributed by atoms with Crippen molar-refractivity contribution in [2.75, 3.05) is 6.54 Å². The van der Waals surface area contributed by atoms with Gasteiger partial charge in [-0.3, -0.25) is 9.59 Å². The van der Waals surface area contributed by atoms with E-state index in [1.54, 1.807) is 17.0 Å². The highest BCUT2D eigenvalue weighted by Gasteiger charge is 2.41. The van der Waals surface area contributed by atoms with Crippen molar-refractivity contribution in [3.63, 3.8) is 0 Å². The fourth-order valence-electron chi connectivity index (χ4n) is 5.62. The van der Waals surface area contributed by atoms with Crippen molar-refractivity contribution in [2.45, 2.75) is 19.5 Å². The highest BCUT2D eigenvalue weighted by molar-refractivity contribution is 6.03. The quantitative estimate of drug-likeness (QED) is 0.294. The molecule has 0 bridgehead atoms. The minimum Gasteiger partial charge on any atom is -0.350 e. The van der Waals surface area contributed by atoms with Crippen molar-refractivity contribution in [1.82, 2.24) is 14.8 Å². The fourth-order valence-corrected chi connectivity index (χ4v) is 5.62. The van der Waals surface area contributed by atoms with E-state index < -0.39 is 6.04 Å². The third-order valence-corrected chi connectivity index (χ3v) is 7.52. The summed E-state index contributed by atoms with van der Waals surface area (Å²) in [6.45, 7) is 2.21. The van der Waals surface area contributed by atoms with E-state index in [2.05, 4.69) is 53.2 Å². The molecule has 4 aromatic carbocycles. The molecule has 0 spiro atoms. The Balaban J connectivity index is 1.44. The Labute approximate surface area is 226 Å². The molecule has 0 aliphatic carbocycles. The van der Waals surface area contributed by atoms with E-state index >= 15 is 0 Å². The molecule has 0 fully saturated rings. The van der Waals surface area contributed by atoms with Crippen LogP contribution in [0.15, 0.2) is 97.1 Å². The summed E-state index contributed by atoms with van der Waals surface area (Å²) in [4.78, 5) is 28.6. The van der Waals surface area contributed by atoms with E-state index in [4.69, 9.17) is 0 Å². The van der Waals surface area contributed by atoms with Crippen LogP contribution in [-0.4, -0.2) is 27.8 Å². The standard InChI is InChI=1S/C33H28FN3O2/c1-21-11-15-23(16-12-21)31-30(27-9-5-6-10-28(27)36(31)2)32-25-7-3-4-8-26(25)33(39)37(32)20-29(38)35-19-22-13-17-24(34)18-14-22/h3-18,32H,19-20H2,1-2H3,(H,35,38). The minimum absolute atomic E-state index is 0.101. The fraction of sp³-hybridized carbons (Fsp3) is 0.152. The normalized spacial score (nSPS) is 14.6. The van der Waals surface area contributed by atoms with Gasteiger partial charge in [0, 0.05) is 35.6 Å². The molecule has 5 aromatic rings. The maximum Gasteiger partial charge on any atom is 0.255 e. The summed E-state index contributed by atoms with van der Waals surface area (Å²) in [6.07, 6.45) is 0. The minimum atomic E-state index is -0.437. The number of carbonyl (C=O) groups excluding carboxylic acids is 2. The van der Waals surface area contributed by atoms with Gasteiger partial charge in [-0.1, -0.05) is 78.4 Å². The lowest BCUT2D eigenvalue weighted by atomic mass is 9.93. The highest BCUT2D eigenvalue weighted by Crippen LogP contribution is 2.46. The summed E-state index contributed by atoms with van der Waals surface area (Å²) < 4.78 is 15.5. The number of rotatable bonds is 6. The number of hydrogen-bond acceptors (Lipinski definition) is 2. The second-order valence-electron chi connectivity index (χ2n) is 10.0. The van der Waals surface area contributed by atoms with E-state index in [0.29, 0.717) is 5.56 Å². The number of halogens is 1. The molecule has 39 heavy (non-hydrogen) atoms. The number of nitrogens with one attached hydrogen (secondary N) is 1. The maximum atomic E-state index is 13.8. The number of carbonyl (C=O) groups is 2. The first-order valence-electron chi connectivity index (χ1n) is 13.0. The smallest absolute Gasteiger partial charge is 0.255 e. The van der Waals surface area contributed by atoms with Gasteiger partial charge in [-0.15, -0.1) is 0 Å². The van der Waals surface area contributed by atoms with E-state index in [-0.39, 0.29) is 30.7 Å². The number of para-hydroxylation sites is 1. The van der Waals surface area contributed by atoms with Crippen molar-refractivity contribution in [3.8, 4) is 11.3 Å². The molecular formula is C33H28FN3O2. The summed E-state index contributed by atoms with van der Waals surface area (Å²) in [5.41, 5.74) is 7.57. The lowest BCUT2D eigenvalue weighted by Gasteiger charge is -2.26. The molecule has 1 atom stereocenters. The Morgan fingerprint density at radius 1 is 0.897 bits per heavy atom. The van der Waals surface area contributed by atoms with Crippen LogP contribution >= 0.6 is 0 Å². The van der Waals surface area contributed by atoms with Crippen LogP contribution < -0.4 is 5.32 Å². The van der Waals surface area contributed by atoms with Crippen molar-refractivity contribution in [1.29, 1.82) is 0 Å². The summed E-state index contributed by atoms with van der Waals surface area (Å²) in [5, 5.41) is 3.94. The zero-order valence-electron chi connectivity index (χ0n) is 21.8. The number of nitrogens with zero attached hydrogens (tertiary/aromatic N) is 2. The lowest BCUT2D eigenvalue weighted by molar-refractivity contribution is -0.122. The second kappa shape index (κ2) is 9.87. The second-order valence-corrected chi connectivity index (χ2v) is 10.0. The number of hydrogen-bond donors (Lipinski definition) is 1.